The van der Waals surface area contributed by atoms with E-state index < -0.39 is 17.2 Å². The maximum absolute atomic E-state index is 14.4. The summed E-state index contributed by atoms with van der Waals surface area (Å²) in [5.41, 5.74) is 2.64. The third-order valence-corrected chi connectivity index (χ3v) is 6.45. The van der Waals surface area contributed by atoms with E-state index in [9.17, 15) is 13.2 Å². The first-order valence-corrected chi connectivity index (χ1v) is 11.7. The third-order valence-electron chi connectivity index (χ3n) is 6.04. The van der Waals surface area contributed by atoms with E-state index >= 15 is 0 Å². The van der Waals surface area contributed by atoms with Gasteiger partial charge in [0.1, 0.15) is 5.82 Å². The quantitative estimate of drug-likeness (QED) is 0.422. The van der Waals surface area contributed by atoms with Crippen LogP contribution >= 0.6 is 0 Å². The van der Waals surface area contributed by atoms with E-state index in [1.54, 1.807) is 24.7 Å². The summed E-state index contributed by atoms with van der Waals surface area (Å²) in [7, 11) is 0. The van der Waals surface area contributed by atoms with Crippen molar-refractivity contribution in [1.82, 2.24) is 29.6 Å². The molecule has 2 unspecified atom stereocenters. The lowest BCUT2D eigenvalue weighted by Crippen LogP contribution is -2.51. The molecule has 0 saturated carbocycles. The lowest BCUT2D eigenvalue weighted by atomic mass is 9.98. The van der Waals surface area contributed by atoms with E-state index in [0.29, 0.717) is 50.1 Å². The summed E-state index contributed by atoms with van der Waals surface area (Å²) in [5.74, 6) is 1.18. The zero-order chi connectivity index (χ0) is 22.9. The molecule has 1 N–H and O–H groups in total. The Labute approximate surface area is 192 Å². The van der Waals surface area contributed by atoms with Crippen LogP contribution < -0.4 is 14.5 Å². The van der Waals surface area contributed by atoms with Crippen LogP contribution in [0.1, 0.15) is 24.2 Å². The standard InChI is InChI=1S/C21H23FN8O2S/c1-13-16-10-25-21(20-23-4-2-5-24-20)27-17(16)3-6-30(13)19-8-15(7-18(22)28-19)29-11-14(12-29)9-26-33(31)32/h2,4-5,7-8,10,13-14,26H,3,6,9,11-12H2,1H3,(H,31,32)/p-1. The first kappa shape index (κ1) is 21.7. The van der Waals surface area contributed by atoms with Crippen molar-refractivity contribution < 1.29 is 13.2 Å². The number of aromatic nitrogens is 5. The number of halogens is 1. The minimum Gasteiger partial charge on any atom is -0.760 e. The SMILES string of the molecule is CC1c2cnc(-c3ncccn3)nc2CCN1c1cc(N2CC(CNS(=O)[O-])C2)cc(F)n1. The van der Waals surface area contributed by atoms with Gasteiger partial charge in [0.05, 0.1) is 11.7 Å². The lowest BCUT2D eigenvalue weighted by molar-refractivity contribution is 0.401. The summed E-state index contributed by atoms with van der Waals surface area (Å²) in [5, 5.41) is 0. The molecule has 0 spiro atoms. The fraction of sp³-hybridized carbons (Fsp3) is 0.381. The second-order valence-corrected chi connectivity index (χ2v) is 8.91. The molecule has 5 heterocycles. The summed E-state index contributed by atoms with van der Waals surface area (Å²) in [6.07, 6.45) is 5.77. The number of nitrogens with zero attached hydrogens (tertiary/aromatic N) is 7. The average molecular weight is 470 g/mol. The van der Waals surface area contributed by atoms with E-state index in [1.165, 1.54) is 6.07 Å². The summed E-state index contributed by atoms with van der Waals surface area (Å²) in [6, 6.07) is 4.96. The summed E-state index contributed by atoms with van der Waals surface area (Å²) < 4.78 is 38.2. The van der Waals surface area contributed by atoms with Crippen molar-refractivity contribution in [2.75, 3.05) is 36.0 Å². The number of hydrogen-bond donors (Lipinski definition) is 1. The van der Waals surface area contributed by atoms with Crippen LogP contribution in [0.5, 0.6) is 0 Å². The zero-order valence-corrected chi connectivity index (χ0v) is 18.7. The van der Waals surface area contributed by atoms with Gasteiger partial charge in [0, 0.05) is 91.8 Å². The van der Waals surface area contributed by atoms with Gasteiger partial charge in [-0.1, -0.05) is 0 Å². The normalized spacial score (nSPS) is 19.2. The van der Waals surface area contributed by atoms with Gasteiger partial charge in [0.2, 0.25) is 5.95 Å². The van der Waals surface area contributed by atoms with Crippen LogP contribution in [0.4, 0.5) is 15.9 Å². The van der Waals surface area contributed by atoms with Gasteiger partial charge in [-0.2, -0.15) is 4.39 Å². The monoisotopic (exact) mass is 469 g/mol. The van der Waals surface area contributed by atoms with Gasteiger partial charge in [-0.3, -0.25) is 4.21 Å². The minimum absolute atomic E-state index is 0.0815. The van der Waals surface area contributed by atoms with Crippen molar-refractivity contribution in [3.8, 4) is 11.6 Å². The molecule has 10 nitrogen and oxygen atoms in total. The largest absolute Gasteiger partial charge is 0.760 e. The Morgan fingerprint density at radius 2 is 1.97 bits per heavy atom. The van der Waals surface area contributed by atoms with Crippen LogP contribution in [-0.4, -0.2) is 59.9 Å². The van der Waals surface area contributed by atoms with Gasteiger partial charge in [-0.05, 0) is 13.0 Å². The zero-order valence-electron chi connectivity index (χ0n) is 17.9. The molecule has 3 aromatic heterocycles. The number of fused-ring (bicyclic) bond motifs is 1. The van der Waals surface area contributed by atoms with Crippen LogP contribution in [0.3, 0.4) is 0 Å². The fourth-order valence-corrected chi connectivity index (χ4v) is 4.67. The predicted molar refractivity (Wildman–Crippen MR) is 119 cm³/mol. The van der Waals surface area contributed by atoms with Crippen molar-refractivity contribution in [1.29, 1.82) is 0 Å². The van der Waals surface area contributed by atoms with Crippen LogP contribution in [0, 0.1) is 11.9 Å². The Kier molecular flexibility index (Phi) is 5.96. The van der Waals surface area contributed by atoms with E-state index in [2.05, 4.69) is 34.5 Å². The number of pyridine rings is 1. The van der Waals surface area contributed by atoms with Crippen molar-refractivity contribution >= 4 is 22.8 Å². The van der Waals surface area contributed by atoms with E-state index in [1.807, 2.05) is 17.9 Å². The number of anilines is 2. The molecular formula is C21H22FN8O2S-. The van der Waals surface area contributed by atoms with Gasteiger partial charge in [0.25, 0.3) is 0 Å². The molecule has 2 aliphatic heterocycles. The molecule has 2 aliphatic rings. The van der Waals surface area contributed by atoms with Crippen LogP contribution in [0.15, 0.2) is 36.8 Å². The molecule has 172 valence electrons. The van der Waals surface area contributed by atoms with Crippen LogP contribution in [0.2, 0.25) is 0 Å². The highest BCUT2D eigenvalue weighted by Gasteiger charge is 2.30. The molecule has 12 heteroatoms. The minimum atomic E-state index is -2.27. The van der Waals surface area contributed by atoms with Crippen molar-refractivity contribution in [2.24, 2.45) is 5.92 Å². The number of hydrogen-bond acceptors (Lipinski definition) is 9. The van der Waals surface area contributed by atoms with Gasteiger partial charge in [0.15, 0.2) is 11.6 Å². The predicted octanol–water partition coefficient (Wildman–Crippen LogP) is 1.41. The Balaban J connectivity index is 1.33. The molecule has 0 amide bonds. The maximum Gasteiger partial charge on any atom is 0.216 e. The smallest absolute Gasteiger partial charge is 0.216 e. The maximum atomic E-state index is 14.4. The highest BCUT2D eigenvalue weighted by Crippen LogP contribution is 2.35. The van der Waals surface area contributed by atoms with Gasteiger partial charge in [-0.15, -0.1) is 0 Å². The highest BCUT2D eigenvalue weighted by molar-refractivity contribution is 7.77. The van der Waals surface area contributed by atoms with Crippen molar-refractivity contribution in [2.45, 2.75) is 19.4 Å². The van der Waals surface area contributed by atoms with E-state index in [4.69, 9.17) is 0 Å². The average Bonchev–Trinajstić information content (AvgIpc) is 2.78. The van der Waals surface area contributed by atoms with Gasteiger partial charge >= 0.3 is 0 Å². The van der Waals surface area contributed by atoms with Crippen LogP contribution in [0.25, 0.3) is 11.6 Å². The molecule has 0 radical (unpaired) electrons. The highest BCUT2D eigenvalue weighted by atomic mass is 32.2. The summed E-state index contributed by atoms with van der Waals surface area (Å²) >= 11 is -2.27. The fourth-order valence-electron chi connectivity index (χ4n) is 4.29. The van der Waals surface area contributed by atoms with Crippen LogP contribution in [-0.2, 0) is 17.7 Å². The molecule has 0 bridgehead atoms. The molecule has 1 fully saturated rings. The topological polar surface area (TPSA) is 123 Å². The van der Waals surface area contributed by atoms with E-state index in [0.717, 1.165) is 16.9 Å². The first-order valence-electron chi connectivity index (χ1n) is 10.6. The molecule has 33 heavy (non-hydrogen) atoms. The molecular weight excluding hydrogens is 447 g/mol. The Bertz CT molecular complexity index is 1180. The number of nitrogens with one attached hydrogen (secondary N) is 1. The second-order valence-electron chi connectivity index (χ2n) is 8.15. The summed E-state index contributed by atoms with van der Waals surface area (Å²) in [4.78, 5) is 25.8. The van der Waals surface area contributed by atoms with Crippen molar-refractivity contribution in [3.63, 3.8) is 0 Å². The Hall–Kier alpha value is -3.09. The van der Waals surface area contributed by atoms with E-state index in [-0.39, 0.29) is 12.0 Å². The second kappa shape index (κ2) is 9.04. The molecule has 2 atom stereocenters. The molecule has 0 aliphatic carbocycles. The van der Waals surface area contributed by atoms with Gasteiger partial charge < -0.3 is 14.4 Å². The Morgan fingerprint density at radius 1 is 1.18 bits per heavy atom. The molecule has 1 saturated heterocycles. The third kappa shape index (κ3) is 4.54. The van der Waals surface area contributed by atoms with Crippen molar-refractivity contribution in [3.05, 3.63) is 54.0 Å². The van der Waals surface area contributed by atoms with Gasteiger partial charge in [-0.25, -0.2) is 29.6 Å². The molecule has 3 aromatic rings. The lowest BCUT2D eigenvalue weighted by Gasteiger charge is -2.42. The first-order chi connectivity index (χ1) is 16.0. The number of rotatable bonds is 6. The molecule has 5 rings (SSSR count). The summed E-state index contributed by atoms with van der Waals surface area (Å²) in [6.45, 7) is 4.36. The Morgan fingerprint density at radius 3 is 2.73 bits per heavy atom. The molecule has 0 aromatic carbocycles.